The van der Waals surface area contributed by atoms with Crippen LogP contribution >= 0.6 is 0 Å². The molecular formula is C19H23NO2. The number of hydrogen-bond acceptors (Lipinski definition) is 2. The van der Waals surface area contributed by atoms with Crippen LogP contribution in [0.4, 0.5) is 0 Å². The zero-order chi connectivity index (χ0) is 15.8. The molecule has 0 atom stereocenters. The Bertz CT molecular complexity index is 588. The van der Waals surface area contributed by atoms with Gasteiger partial charge in [0.15, 0.2) is 0 Å². The summed E-state index contributed by atoms with van der Waals surface area (Å²) in [6.07, 6.45) is 2.36. The van der Waals surface area contributed by atoms with E-state index in [0.29, 0.717) is 13.0 Å². The van der Waals surface area contributed by atoms with Gasteiger partial charge in [0.05, 0.1) is 13.5 Å². The molecule has 0 saturated heterocycles. The van der Waals surface area contributed by atoms with Gasteiger partial charge in [0.1, 0.15) is 5.75 Å². The number of ether oxygens (including phenoxy) is 1. The normalized spacial score (nSPS) is 10.3. The first-order chi connectivity index (χ1) is 10.7. The van der Waals surface area contributed by atoms with Crippen molar-refractivity contribution in [1.82, 2.24) is 5.32 Å². The van der Waals surface area contributed by atoms with Crippen molar-refractivity contribution in [2.45, 2.75) is 26.2 Å². The highest BCUT2D eigenvalue weighted by Crippen LogP contribution is 2.11. The maximum atomic E-state index is 11.9. The maximum absolute atomic E-state index is 11.9. The molecular weight excluding hydrogens is 274 g/mol. The number of rotatable bonds is 7. The number of hydrogen-bond donors (Lipinski definition) is 1. The van der Waals surface area contributed by atoms with Gasteiger partial charge in [-0.2, -0.15) is 0 Å². The number of carbonyl (C=O) groups excluding carboxylic acids is 1. The Morgan fingerprint density at radius 3 is 2.27 bits per heavy atom. The second kappa shape index (κ2) is 8.23. The third-order valence-electron chi connectivity index (χ3n) is 3.61. The molecule has 0 aliphatic rings. The Kier molecular flexibility index (Phi) is 6.01. The van der Waals surface area contributed by atoms with E-state index in [1.165, 1.54) is 11.1 Å². The molecule has 1 amide bonds. The largest absolute Gasteiger partial charge is 0.497 e. The van der Waals surface area contributed by atoms with Crippen molar-refractivity contribution >= 4 is 5.91 Å². The van der Waals surface area contributed by atoms with Crippen molar-refractivity contribution in [3.63, 3.8) is 0 Å². The number of nitrogens with one attached hydrogen (secondary N) is 1. The average molecular weight is 297 g/mol. The number of aryl methyl sites for hydroxylation is 2. The molecule has 0 saturated carbocycles. The van der Waals surface area contributed by atoms with Crippen molar-refractivity contribution in [2.75, 3.05) is 13.7 Å². The van der Waals surface area contributed by atoms with Crippen LogP contribution in [0.3, 0.4) is 0 Å². The summed E-state index contributed by atoms with van der Waals surface area (Å²) in [5, 5.41) is 2.97. The fourth-order valence-corrected chi connectivity index (χ4v) is 2.27. The highest BCUT2D eigenvalue weighted by molar-refractivity contribution is 5.78. The highest BCUT2D eigenvalue weighted by Gasteiger charge is 2.03. The quantitative estimate of drug-likeness (QED) is 0.796. The van der Waals surface area contributed by atoms with Gasteiger partial charge >= 0.3 is 0 Å². The molecule has 0 bridgehead atoms. The van der Waals surface area contributed by atoms with Crippen LogP contribution in [0.1, 0.15) is 23.1 Å². The van der Waals surface area contributed by atoms with Crippen molar-refractivity contribution in [3.05, 3.63) is 65.2 Å². The maximum Gasteiger partial charge on any atom is 0.224 e. The van der Waals surface area contributed by atoms with Crippen LogP contribution in [0.15, 0.2) is 48.5 Å². The van der Waals surface area contributed by atoms with E-state index in [4.69, 9.17) is 4.74 Å². The third kappa shape index (κ3) is 5.24. The van der Waals surface area contributed by atoms with Gasteiger partial charge < -0.3 is 10.1 Å². The minimum absolute atomic E-state index is 0.0640. The van der Waals surface area contributed by atoms with Crippen molar-refractivity contribution in [2.24, 2.45) is 0 Å². The molecule has 2 aromatic carbocycles. The number of amides is 1. The molecule has 3 heteroatoms. The Hall–Kier alpha value is -2.29. The van der Waals surface area contributed by atoms with Gasteiger partial charge in [-0.15, -0.1) is 0 Å². The van der Waals surface area contributed by atoms with Crippen LogP contribution in [0.2, 0.25) is 0 Å². The zero-order valence-corrected chi connectivity index (χ0v) is 13.3. The van der Waals surface area contributed by atoms with E-state index in [1.807, 2.05) is 24.3 Å². The summed E-state index contributed by atoms with van der Waals surface area (Å²) in [5.41, 5.74) is 3.59. The van der Waals surface area contributed by atoms with Crippen LogP contribution in [-0.2, 0) is 17.6 Å². The van der Waals surface area contributed by atoms with Crippen LogP contribution in [-0.4, -0.2) is 19.6 Å². The lowest BCUT2D eigenvalue weighted by Crippen LogP contribution is -2.26. The molecule has 0 spiro atoms. The van der Waals surface area contributed by atoms with Gasteiger partial charge in [-0.1, -0.05) is 42.0 Å². The molecule has 0 aromatic heterocycles. The fourth-order valence-electron chi connectivity index (χ4n) is 2.27. The van der Waals surface area contributed by atoms with Gasteiger partial charge in [-0.25, -0.2) is 0 Å². The van der Waals surface area contributed by atoms with Crippen LogP contribution in [0, 0.1) is 6.92 Å². The molecule has 1 N–H and O–H groups in total. The number of methoxy groups -OCH3 is 1. The minimum Gasteiger partial charge on any atom is -0.497 e. The van der Waals surface area contributed by atoms with Gasteiger partial charge in [0.2, 0.25) is 5.91 Å². The van der Waals surface area contributed by atoms with Gasteiger partial charge in [0.25, 0.3) is 0 Å². The SMILES string of the molecule is COc1ccc(CC(=O)NCCCc2ccc(C)cc2)cc1. The van der Waals surface area contributed by atoms with E-state index in [-0.39, 0.29) is 5.91 Å². The zero-order valence-electron chi connectivity index (χ0n) is 13.3. The first-order valence-electron chi connectivity index (χ1n) is 7.62. The molecule has 0 aliphatic heterocycles. The predicted octanol–water partition coefficient (Wildman–Crippen LogP) is 3.30. The van der Waals surface area contributed by atoms with Gasteiger partial charge in [-0.3, -0.25) is 4.79 Å². The summed E-state index contributed by atoms with van der Waals surface area (Å²) in [4.78, 5) is 11.9. The first kappa shape index (κ1) is 16.1. The van der Waals surface area contributed by atoms with E-state index in [2.05, 4.69) is 36.5 Å². The van der Waals surface area contributed by atoms with E-state index in [1.54, 1.807) is 7.11 Å². The lowest BCUT2D eigenvalue weighted by atomic mass is 10.1. The van der Waals surface area contributed by atoms with E-state index >= 15 is 0 Å². The average Bonchev–Trinajstić information content (AvgIpc) is 2.54. The predicted molar refractivity (Wildman–Crippen MR) is 89.2 cm³/mol. The molecule has 2 rings (SSSR count). The Morgan fingerprint density at radius 1 is 1.00 bits per heavy atom. The smallest absolute Gasteiger partial charge is 0.224 e. The van der Waals surface area contributed by atoms with Crippen LogP contribution < -0.4 is 10.1 Å². The molecule has 0 radical (unpaired) electrons. The topological polar surface area (TPSA) is 38.3 Å². The van der Waals surface area contributed by atoms with E-state index in [0.717, 1.165) is 24.2 Å². The molecule has 0 heterocycles. The molecule has 0 unspecified atom stereocenters. The summed E-state index contributed by atoms with van der Waals surface area (Å²) in [5.74, 6) is 0.872. The first-order valence-corrected chi connectivity index (χ1v) is 7.62. The Morgan fingerprint density at radius 2 is 1.64 bits per heavy atom. The minimum atomic E-state index is 0.0640. The molecule has 0 aliphatic carbocycles. The van der Waals surface area contributed by atoms with Gasteiger partial charge in [-0.05, 0) is 43.0 Å². The van der Waals surface area contributed by atoms with Crippen molar-refractivity contribution in [3.8, 4) is 5.75 Å². The summed E-state index contributed by atoms with van der Waals surface area (Å²) in [7, 11) is 1.63. The summed E-state index contributed by atoms with van der Waals surface area (Å²) >= 11 is 0. The fraction of sp³-hybridized carbons (Fsp3) is 0.316. The number of benzene rings is 2. The van der Waals surface area contributed by atoms with Crippen LogP contribution in [0.25, 0.3) is 0 Å². The Balaban J connectivity index is 1.67. The second-order valence-corrected chi connectivity index (χ2v) is 5.46. The third-order valence-corrected chi connectivity index (χ3v) is 3.61. The summed E-state index contributed by atoms with van der Waals surface area (Å²) < 4.78 is 5.10. The molecule has 0 fully saturated rings. The summed E-state index contributed by atoms with van der Waals surface area (Å²) in [6.45, 7) is 2.80. The van der Waals surface area contributed by atoms with Crippen LogP contribution in [0.5, 0.6) is 5.75 Å². The molecule has 3 nitrogen and oxygen atoms in total. The molecule has 22 heavy (non-hydrogen) atoms. The standard InChI is InChI=1S/C19H23NO2/c1-15-5-7-16(8-6-15)4-3-13-20-19(21)14-17-9-11-18(22-2)12-10-17/h5-12H,3-4,13-14H2,1-2H3,(H,20,21). The molecule has 116 valence electrons. The number of carbonyl (C=O) groups is 1. The van der Waals surface area contributed by atoms with E-state index in [9.17, 15) is 4.79 Å². The summed E-state index contributed by atoms with van der Waals surface area (Å²) in [6, 6.07) is 16.1. The highest BCUT2D eigenvalue weighted by atomic mass is 16.5. The van der Waals surface area contributed by atoms with E-state index < -0.39 is 0 Å². The van der Waals surface area contributed by atoms with Crippen molar-refractivity contribution < 1.29 is 9.53 Å². The molecule has 2 aromatic rings. The lowest BCUT2D eigenvalue weighted by Gasteiger charge is -2.06. The lowest BCUT2D eigenvalue weighted by molar-refractivity contribution is -0.120. The second-order valence-electron chi connectivity index (χ2n) is 5.46. The Labute approximate surface area is 132 Å². The van der Waals surface area contributed by atoms with Gasteiger partial charge in [0, 0.05) is 6.54 Å². The monoisotopic (exact) mass is 297 g/mol. The van der Waals surface area contributed by atoms with Crippen molar-refractivity contribution in [1.29, 1.82) is 0 Å².